The third kappa shape index (κ3) is 7.59. The highest BCUT2D eigenvalue weighted by Gasteiger charge is 1.93. The minimum absolute atomic E-state index is 1.07. The van der Waals surface area contributed by atoms with Crippen molar-refractivity contribution < 1.29 is 0 Å². The lowest BCUT2D eigenvalue weighted by Crippen LogP contribution is -1.91. The summed E-state index contributed by atoms with van der Waals surface area (Å²) in [6, 6.07) is 4.01. The van der Waals surface area contributed by atoms with Crippen molar-refractivity contribution in [3.63, 3.8) is 0 Å². The van der Waals surface area contributed by atoms with E-state index in [-0.39, 0.29) is 0 Å². The highest BCUT2D eigenvalue weighted by atomic mass is 128. The molecule has 0 radical (unpaired) electrons. The van der Waals surface area contributed by atoms with Crippen LogP contribution in [0, 0.1) is 17.5 Å². The van der Waals surface area contributed by atoms with Crippen molar-refractivity contribution in [2.75, 3.05) is 0 Å². The lowest BCUT2D eigenvalue weighted by molar-refractivity contribution is 0.738. The molecule has 0 unspecified atom stereocenters. The molecule has 0 aromatic carbocycles. The van der Waals surface area contributed by atoms with Crippen LogP contribution < -0.4 is 0 Å². The number of nitrogens with zero attached hydrogens (tertiary/aromatic N) is 4. The molecule has 0 N–H and O–H groups in total. The van der Waals surface area contributed by atoms with Gasteiger partial charge in [-0.15, -0.1) is 0 Å². The molecule has 2 aromatic rings. The summed E-state index contributed by atoms with van der Waals surface area (Å²) < 4.78 is 4.82. The van der Waals surface area contributed by atoms with Crippen LogP contribution >= 0.6 is 59.8 Å². The molecular weight excluding hydrogens is 557 g/mol. The molecule has 4 nitrogen and oxygen atoms in total. The Kier molecular flexibility index (Phi) is 9.87. The SMILES string of the molecule is Cc1cc(I)n(C)n1.Cc1ccn(C)n1.II. The number of halogens is 3. The summed E-state index contributed by atoms with van der Waals surface area (Å²) in [7, 11) is 3.85. The molecule has 0 spiro atoms. The molecule has 0 aliphatic heterocycles. The van der Waals surface area contributed by atoms with Crippen LogP contribution in [0.1, 0.15) is 11.4 Å². The maximum absolute atomic E-state index is 4.12. The zero-order chi connectivity index (χ0) is 13.4. The fourth-order valence-corrected chi connectivity index (χ4v) is 1.67. The zero-order valence-electron chi connectivity index (χ0n) is 10.2. The first-order chi connectivity index (χ1) is 7.99. The molecule has 2 heterocycles. The molecule has 17 heavy (non-hydrogen) atoms. The van der Waals surface area contributed by atoms with E-state index in [0.29, 0.717) is 0 Å². The van der Waals surface area contributed by atoms with Crippen molar-refractivity contribution in [1.29, 1.82) is 0 Å². The van der Waals surface area contributed by atoms with E-state index in [4.69, 9.17) is 0 Å². The third-order valence-electron chi connectivity index (χ3n) is 1.79. The number of hydrogen-bond donors (Lipinski definition) is 0. The smallest absolute Gasteiger partial charge is 0.0988 e. The minimum Gasteiger partial charge on any atom is -0.276 e. The first kappa shape index (κ1) is 17.6. The van der Waals surface area contributed by atoms with Gasteiger partial charge >= 0.3 is 0 Å². The topological polar surface area (TPSA) is 35.6 Å². The van der Waals surface area contributed by atoms with Crippen molar-refractivity contribution in [1.82, 2.24) is 19.6 Å². The van der Waals surface area contributed by atoms with E-state index >= 15 is 0 Å². The maximum Gasteiger partial charge on any atom is 0.0988 e. The van der Waals surface area contributed by atoms with E-state index in [1.165, 1.54) is 3.70 Å². The number of aryl methyl sites for hydroxylation is 4. The Balaban J connectivity index is 0.000000265. The van der Waals surface area contributed by atoms with Gasteiger partial charge in [-0.05, 0) is 48.6 Å². The highest BCUT2D eigenvalue weighted by Crippen LogP contribution is 2.03. The van der Waals surface area contributed by atoms with Gasteiger partial charge < -0.3 is 0 Å². The van der Waals surface area contributed by atoms with Crippen molar-refractivity contribution in [2.24, 2.45) is 14.1 Å². The molecule has 0 amide bonds. The van der Waals surface area contributed by atoms with Gasteiger partial charge in [0, 0.05) is 57.5 Å². The zero-order valence-corrected chi connectivity index (χ0v) is 16.6. The Hall–Kier alpha value is 0.610. The van der Waals surface area contributed by atoms with Crippen LogP contribution in [0.3, 0.4) is 0 Å². The van der Waals surface area contributed by atoms with Crippen LogP contribution in [-0.4, -0.2) is 19.6 Å². The molecule has 96 valence electrons. The van der Waals surface area contributed by atoms with E-state index in [1.54, 1.807) is 4.68 Å². The Labute approximate surface area is 139 Å². The maximum atomic E-state index is 4.12. The predicted octanol–water partition coefficient (Wildman–Crippen LogP) is 3.83. The van der Waals surface area contributed by atoms with Crippen molar-refractivity contribution in [2.45, 2.75) is 13.8 Å². The van der Waals surface area contributed by atoms with Gasteiger partial charge in [-0.3, -0.25) is 9.36 Å². The second-order valence-electron chi connectivity index (χ2n) is 3.36. The van der Waals surface area contributed by atoms with Crippen molar-refractivity contribution in [3.8, 4) is 0 Å². The molecule has 0 bridgehead atoms. The minimum atomic E-state index is 1.07. The summed E-state index contributed by atoms with van der Waals surface area (Å²) in [5, 5.41) is 8.15. The van der Waals surface area contributed by atoms with Gasteiger partial charge in [0.25, 0.3) is 0 Å². The van der Waals surface area contributed by atoms with E-state index in [1.807, 2.05) is 51.0 Å². The van der Waals surface area contributed by atoms with Gasteiger partial charge in [0.2, 0.25) is 0 Å². The van der Waals surface area contributed by atoms with Crippen LogP contribution in [-0.2, 0) is 14.1 Å². The van der Waals surface area contributed by atoms with E-state index < -0.39 is 0 Å². The number of aromatic nitrogens is 4. The largest absolute Gasteiger partial charge is 0.276 e. The van der Waals surface area contributed by atoms with Crippen LogP contribution in [0.5, 0.6) is 0 Å². The molecule has 0 aliphatic carbocycles. The first-order valence-electron chi connectivity index (χ1n) is 4.75. The average molecular weight is 572 g/mol. The molecule has 0 saturated carbocycles. The fraction of sp³-hybridized carbons (Fsp3) is 0.400. The number of hydrogen-bond acceptors (Lipinski definition) is 2. The third-order valence-corrected chi connectivity index (χ3v) is 2.80. The second-order valence-corrected chi connectivity index (χ2v) is 4.47. The van der Waals surface area contributed by atoms with E-state index in [9.17, 15) is 0 Å². The number of rotatable bonds is 0. The van der Waals surface area contributed by atoms with E-state index in [0.717, 1.165) is 11.4 Å². The molecule has 0 fully saturated rings. The van der Waals surface area contributed by atoms with Gasteiger partial charge in [-0.1, -0.05) is 0 Å². The average Bonchev–Trinajstić information content (AvgIpc) is 2.77. The standard InChI is InChI=1S/C5H7IN2.C5H8N2.I2/c1-4-3-5(6)8(2)7-4;1-5-3-4-7(2)6-5;1-2/h3H,1-2H3;3-4H,1-2H3;. The Morgan fingerprint density at radius 1 is 1.06 bits per heavy atom. The van der Waals surface area contributed by atoms with Crippen LogP contribution in [0.4, 0.5) is 0 Å². The normalized spacial score (nSPS) is 8.88. The molecular formula is C10H15I3N4. The molecule has 2 rings (SSSR count). The summed E-state index contributed by atoms with van der Waals surface area (Å²) in [5.41, 5.74) is 2.15. The monoisotopic (exact) mass is 572 g/mol. The summed E-state index contributed by atoms with van der Waals surface area (Å²) in [6.45, 7) is 3.96. The van der Waals surface area contributed by atoms with E-state index in [2.05, 4.69) is 70.0 Å². The molecule has 0 atom stereocenters. The van der Waals surface area contributed by atoms with Crippen LogP contribution in [0.2, 0.25) is 0 Å². The summed E-state index contributed by atoms with van der Waals surface area (Å²) in [4.78, 5) is 0. The summed E-state index contributed by atoms with van der Waals surface area (Å²) >= 11 is 6.49. The Bertz CT molecular complexity index is 400. The van der Waals surface area contributed by atoms with Gasteiger partial charge in [0.1, 0.15) is 0 Å². The predicted molar refractivity (Wildman–Crippen MR) is 96.6 cm³/mol. The fourth-order valence-electron chi connectivity index (χ4n) is 1.11. The Morgan fingerprint density at radius 3 is 1.76 bits per heavy atom. The van der Waals surface area contributed by atoms with Crippen LogP contribution in [0.15, 0.2) is 18.3 Å². The lowest BCUT2D eigenvalue weighted by atomic mass is 10.5. The summed E-state index contributed by atoms with van der Waals surface area (Å²) in [5.74, 6) is 0. The first-order valence-corrected chi connectivity index (χ1v) is 12.1. The molecule has 0 aliphatic rings. The second kappa shape index (κ2) is 9.53. The van der Waals surface area contributed by atoms with Crippen molar-refractivity contribution >= 4 is 59.8 Å². The van der Waals surface area contributed by atoms with Gasteiger partial charge in [0.15, 0.2) is 0 Å². The molecule has 0 saturated heterocycles. The molecule has 2 aromatic heterocycles. The Morgan fingerprint density at radius 2 is 1.65 bits per heavy atom. The summed E-state index contributed by atoms with van der Waals surface area (Å²) in [6.07, 6.45) is 1.93. The highest BCUT2D eigenvalue weighted by molar-refractivity contribution is 15.0. The van der Waals surface area contributed by atoms with Crippen molar-refractivity contribution in [3.05, 3.63) is 33.4 Å². The van der Waals surface area contributed by atoms with Gasteiger partial charge in [-0.2, -0.15) is 10.2 Å². The van der Waals surface area contributed by atoms with Crippen LogP contribution in [0.25, 0.3) is 0 Å². The lowest BCUT2D eigenvalue weighted by Gasteiger charge is -1.85. The van der Waals surface area contributed by atoms with Gasteiger partial charge in [-0.25, -0.2) is 0 Å². The molecule has 7 heteroatoms. The van der Waals surface area contributed by atoms with Gasteiger partial charge in [0.05, 0.1) is 15.1 Å². The quantitative estimate of drug-likeness (QED) is 0.451.